The maximum atomic E-state index is 13.0. The van der Waals surface area contributed by atoms with Crippen LogP contribution in [0.3, 0.4) is 0 Å². The summed E-state index contributed by atoms with van der Waals surface area (Å²) in [5.74, 6) is -6.80. The lowest BCUT2D eigenvalue weighted by Gasteiger charge is -2.29. The van der Waals surface area contributed by atoms with E-state index in [-0.39, 0.29) is 6.42 Å². The van der Waals surface area contributed by atoms with E-state index in [4.69, 9.17) is 5.26 Å². The van der Waals surface area contributed by atoms with Gasteiger partial charge in [0.2, 0.25) is 0 Å². The van der Waals surface area contributed by atoms with E-state index in [1.807, 2.05) is 0 Å². The SMILES string of the molecule is CCCC(C#N)(CCC(F)(F)C(F)(F)F)S(=O)(=O)CCC(F)(F)F. The van der Waals surface area contributed by atoms with E-state index in [1.54, 1.807) is 0 Å². The zero-order chi connectivity index (χ0) is 19.4. The molecule has 0 saturated carbocycles. The van der Waals surface area contributed by atoms with E-state index in [1.165, 1.54) is 6.92 Å². The Labute approximate surface area is 133 Å². The summed E-state index contributed by atoms with van der Waals surface area (Å²) < 4.78 is 120. The predicted molar refractivity (Wildman–Crippen MR) is 67.9 cm³/mol. The fourth-order valence-electron chi connectivity index (χ4n) is 1.97. The average Bonchev–Trinajstić information content (AvgIpc) is 2.39. The molecular weight excluding hydrogens is 374 g/mol. The molecule has 0 aliphatic rings. The van der Waals surface area contributed by atoms with Crippen molar-refractivity contribution in [2.24, 2.45) is 0 Å². The molecule has 0 amide bonds. The van der Waals surface area contributed by atoms with Crippen LogP contribution in [0.1, 0.15) is 39.0 Å². The second-order valence-corrected chi connectivity index (χ2v) is 7.66. The van der Waals surface area contributed by atoms with Gasteiger partial charge in [-0.1, -0.05) is 13.3 Å². The molecule has 0 aromatic rings. The molecule has 0 saturated heterocycles. The Kier molecular flexibility index (Phi) is 7.06. The van der Waals surface area contributed by atoms with Crippen LogP contribution in [0, 0.1) is 11.3 Å². The van der Waals surface area contributed by atoms with E-state index in [9.17, 15) is 43.5 Å². The molecule has 0 bridgehead atoms. The summed E-state index contributed by atoms with van der Waals surface area (Å²) in [6.45, 7) is 1.33. The van der Waals surface area contributed by atoms with Crippen molar-refractivity contribution in [1.82, 2.24) is 0 Å². The molecule has 0 aliphatic heterocycles. The zero-order valence-corrected chi connectivity index (χ0v) is 13.3. The first-order valence-corrected chi connectivity index (χ1v) is 8.34. The van der Waals surface area contributed by atoms with Crippen molar-refractivity contribution in [1.29, 1.82) is 5.26 Å². The minimum Gasteiger partial charge on any atom is -0.227 e. The van der Waals surface area contributed by atoms with Crippen molar-refractivity contribution in [2.45, 2.75) is 62.0 Å². The van der Waals surface area contributed by atoms with Crippen LogP contribution in [0.5, 0.6) is 0 Å². The smallest absolute Gasteiger partial charge is 0.227 e. The number of halogens is 8. The van der Waals surface area contributed by atoms with Crippen LogP contribution in [0.25, 0.3) is 0 Å². The molecule has 12 heteroatoms. The summed E-state index contributed by atoms with van der Waals surface area (Å²) in [7, 11) is -4.88. The number of hydrogen-bond acceptors (Lipinski definition) is 3. The van der Waals surface area contributed by atoms with Crippen molar-refractivity contribution in [3.63, 3.8) is 0 Å². The lowest BCUT2D eigenvalue weighted by Crippen LogP contribution is -2.44. The van der Waals surface area contributed by atoms with E-state index in [2.05, 4.69) is 0 Å². The molecule has 0 N–H and O–H groups in total. The van der Waals surface area contributed by atoms with Gasteiger partial charge >= 0.3 is 18.3 Å². The van der Waals surface area contributed by atoms with Crippen LogP contribution in [0.15, 0.2) is 0 Å². The number of nitrogens with zero attached hydrogens (tertiary/aromatic N) is 1. The molecule has 3 nitrogen and oxygen atoms in total. The molecule has 0 aliphatic carbocycles. The minimum absolute atomic E-state index is 0.101. The molecule has 1 atom stereocenters. The molecule has 0 spiro atoms. The third kappa shape index (κ3) is 5.75. The Morgan fingerprint density at radius 3 is 1.71 bits per heavy atom. The second kappa shape index (κ2) is 7.41. The summed E-state index contributed by atoms with van der Waals surface area (Å²) in [6, 6.07) is 1.16. The van der Waals surface area contributed by atoms with Crippen LogP contribution in [0.4, 0.5) is 35.1 Å². The quantitative estimate of drug-likeness (QED) is 0.579. The van der Waals surface area contributed by atoms with Crippen molar-refractivity contribution < 1.29 is 43.5 Å². The average molecular weight is 389 g/mol. The normalized spacial score (nSPS) is 16.5. The third-order valence-electron chi connectivity index (χ3n) is 3.36. The van der Waals surface area contributed by atoms with Crippen LogP contribution in [-0.2, 0) is 9.84 Å². The molecule has 0 heterocycles. The largest absolute Gasteiger partial charge is 0.453 e. The zero-order valence-electron chi connectivity index (χ0n) is 12.4. The first-order valence-electron chi connectivity index (χ1n) is 6.68. The predicted octanol–water partition coefficient (Wildman–Crippen LogP) is 4.39. The Morgan fingerprint density at radius 1 is 0.875 bits per heavy atom. The van der Waals surface area contributed by atoms with Crippen LogP contribution in [0.2, 0.25) is 0 Å². The Balaban J connectivity index is 5.55. The standard InChI is InChI=1S/C12H15F8NO2S/c1-2-3-9(8-21,4-5-10(13,14)12(18,19)20)24(22,23)7-6-11(15,16)17/h2-7H2,1H3. The maximum absolute atomic E-state index is 13.0. The molecular formula is C12H15F8NO2S. The Morgan fingerprint density at radius 2 is 1.38 bits per heavy atom. The molecule has 24 heavy (non-hydrogen) atoms. The number of rotatable bonds is 8. The molecule has 0 rings (SSSR count). The summed E-state index contributed by atoms with van der Waals surface area (Å²) in [5, 5.41) is 9.04. The first-order chi connectivity index (χ1) is 10.5. The Bertz CT molecular complexity index is 561. The lowest BCUT2D eigenvalue weighted by atomic mass is 9.96. The first kappa shape index (κ1) is 22.9. The van der Waals surface area contributed by atoms with Gasteiger partial charge in [-0.3, -0.25) is 0 Å². The van der Waals surface area contributed by atoms with Crippen molar-refractivity contribution in [2.75, 3.05) is 5.75 Å². The highest BCUT2D eigenvalue weighted by atomic mass is 32.2. The van der Waals surface area contributed by atoms with Crippen molar-refractivity contribution in [3.8, 4) is 6.07 Å². The number of sulfone groups is 1. The van der Waals surface area contributed by atoms with Crippen LogP contribution in [-0.4, -0.2) is 37.2 Å². The molecule has 0 aromatic carbocycles. The molecule has 0 radical (unpaired) electrons. The highest BCUT2D eigenvalue weighted by Gasteiger charge is 2.58. The van der Waals surface area contributed by atoms with Crippen molar-refractivity contribution >= 4 is 9.84 Å². The minimum atomic E-state index is -5.95. The van der Waals surface area contributed by atoms with Gasteiger partial charge in [0.05, 0.1) is 18.2 Å². The van der Waals surface area contributed by atoms with Crippen molar-refractivity contribution in [3.05, 3.63) is 0 Å². The summed E-state index contributed by atoms with van der Waals surface area (Å²) >= 11 is 0. The number of nitriles is 1. The highest BCUT2D eigenvalue weighted by Crippen LogP contribution is 2.42. The van der Waals surface area contributed by atoms with Gasteiger partial charge in [-0.25, -0.2) is 8.42 Å². The van der Waals surface area contributed by atoms with Gasteiger partial charge < -0.3 is 0 Å². The van der Waals surface area contributed by atoms with Gasteiger partial charge in [-0.05, 0) is 12.8 Å². The van der Waals surface area contributed by atoms with Gasteiger partial charge in [-0.15, -0.1) is 0 Å². The van der Waals surface area contributed by atoms with Crippen LogP contribution >= 0.6 is 0 Å². The number of alkyl halides is 8. The second-order valence-electron chi connectivity index (χ2n) is 5.24. The van der Waals surface area contributed by atoms with E-state index >= 15 is 0 Å². The fourth-order valence-corrected chi connectivity index (χ4v) is 3.93. The van der Waals surface area contributed by atoms with E-state index in [0.29, 0.717) is 0 Å². The van der Waals surface area contributed by atoms with Gasteiger partial charge in [0.1, 0.15) is 0 Å². The molecule has 0 aromatic heterocycles. The van der Waals surface area contributed by atoms with Gasteiger partial charge in [0, 0.05) is 6.42 Å². The lowest BCUT2D eigenvalue weighted by molar-refractivity contribution is -0.284. The summed E-state index contributed by atoms with van der Waals surface area (Å²) in [5.41, 5.74) is 0. The Hall–Kier alpha value is -1.12. The fraction of sp³-hybridized carbons (Fsp3) is 0.917. The van der Waals surface area contributed by atoms with E-state index in [0.717, 1.165) is 6.07 Å². The summed E-state index contributed by atoms with van der Waals surface area (Å²) in [6.07, 6.45) is -16.8. The number of hydrogen-bond donors (Lipinski definition) is 0. The molecule has 0 fully saturated rings. The summed E-state index contributed by atoms with van der Waals surface area (Å²) in [4.78, 5) is 0. The monoisotopic (exact) mass is 389 g/mol. The highest BCUT2D eigenvalue weighted by molar-refractivity contribution is 7.93. The molecule has 142 valence electrons. The van der Waals surface area contributed by atoms with E-state index < -0.39 is 64.3 Å². The maximum Gasteiger partial charge on any atom is 0.453 e. The third-order valence-corrected chi connectivity index (χ3v) is 5.80. The van der Waals surface area contributed by atoms with Gasteiger partial charge in [0.25, 0.3) is 0 Å². The topological polar surface area (TPSA) is 57.9 Å². The van der Waals surface area contributed by atoms with Gasteiger partial charge in [-0.2, -0.15) is 40.4 Å². The molecule has 1 unspecified atom stereocenters. The van der Waals surface area contributed by atoms with Gasteiger partial charge in [0.15, 0.2) is 14.6 Å². The van der Waals surface area contributed by atoms with Crippen LogP contribution < -0.4 is 0 Å².